The molecule has 1 heterocycles. The van der Waals surface area contributed by atoms with Gasteiger partial charge in [0.25, 0.3) is 5.91 Å². The van der Waals surface area contributed by atoms with Gasteiger partial charge in [0.05, 0.1) is 23.9 Å². The van der Waals surface area contributed by atoms with E-state index in [2.05, 4.69) is 10.3 Å². The zero-order valence-electron chi connectivity index (χ0n) is 15.8. The highest BCUT2D eigenvalue weighted by Gasteiger charge is 2.35. The Hall–Kier alpha value is -3.56. The van der Waals surface area contributed by atoms with Crippen molar-refractivity contribution in [3.8, 4) is 17.0 Å². The number of amides is 1. The first-order chi connectivity index (χ1) is 14.5. The fourth-order valence-electron chi connectivity index (χ4n) is 2.85. The van der Waals surface area contributed by atoms with Crippen LogP contribution in [0.1, 0.15) is 21.5 Å². The molecule has 3 rings (SSSR count). The van der Waals surface area contributed by atoms with Gasteiger partial charge in [-0.3, -0.25) is 9.78 Å². The topological polar surface area (TPSA) is 51.2 Å². The number of nitrogens with one attached hydrogen (secondary N) is 1. The number of ether oxygens (including phenoxy) is 1. The number of aromatic nitrogens is 1. The zero-order chi connectivity index (χ0) is 22.8. The van der Waals surface area contributed by atoms with Crippen LogP contribution in [0.25, 0.3) is 11.3 Å². The highest BCUT2D eigenvalue weighted by molar-refractivity contribution is 6.05. The van der Waals surface area contributed by atoms with Crippen LogP contribution < -0.4 is 10.1 Å². The van der Waals surface area contributed by atoms with Crippen molar-refractivity contribution in [2.24, 2.45) is 0 Å². The molecule has 0 bridgehead atoms. The molecule has 1 aromatic heterocycles. The van der Waals surface area contributed by atoms with Crippen LogP contribution in [0.5, 0.6) is 5.75 Å². The van der Waals surface area contributed by atoms with E-state index < -0.39 is 29.4 Å². The number of alkyl halides is 6. The number of halogens is 6. The summed E-state index contributed by atoms with van der Waals surface area (Å²) in [5.74, 6) is -0.817. The van der Waals surface area contributed by atoms with Gasteiger partial charge in [0.15, 0.2) is 0 Å². The highest BCUT2D eigenvalue weighted by Crippen LogP contribution is 2.39. The fraction of sp³-hybridized carbons (Fsp3) is 0.143. The van der Waals surface area contributed by atoms with Gasteiger partial charge in [0.1, 0.15) is 5.75 Å². The molecule has 0 aliphatic heterocycles. The van der Waals surface area contributed by atoms with Gasteiger partial charge < -0.3 is 10.1 Å². The predicted octanol–water partition coefficient (Wildman–Crippen LogP) is 6.05. The lowest BCUT2D eigenvalue weighted by atomic mass is 10.0. The number of nitrogens with zero attached hydrogens (tertiary/aromatic N) is 1. The van der Waals surface area contributed by atoms with Gasteiger partial charge >= 0.3 is 12.4 Å². The Labute approximate surface area is 172 Å². The molecule has 4 nitrogen and oxygen atoms in total. The van der Waals surface area contributed by atoms with E-state index in [1.807, 2.05) is 0 Å². The quantitative estimate of drug-likeness (QED) is 0.503. The smallest absolute Gasteiger partial charge is 0.418 e. The van der Waals surface area contributed by atoms with Crippen molar-refractivity contribution in [3.05, 3.63) is 77.5 Å². The molecular formula is C21H14F6N2O2. The van der Waals surface area contributed by atoms with Crippen molar-refractivity contribution < 1.29 is 35.9 Å². The number of carbonyl (C=O) groups is 1. The van der Waals surface area contributed by atoms with Crippen LogP contribution in [0.15, 0.2) is 60.8 Å². The average molecular weight is 440 g/mol. The minimum Gasteiger partial charge on any atom is -0.496 e. The van der Waals surface area contributed by atoms with E-state index in [0.29, 0.717) is 0 Å². The lowest BCUT2D eigenvalue weighted by molar-refractivity contribution is -0.138. The summed E-state index contributed by atoms with van der Waals surface area (Å²) in [6.07, 6.45) is -8.04. The van der Waals surface area contributed by atoms with Crippen molar-refractivity contribution in [3.63, 3.8) is 0 Å². The summed E-state index contributed by atoms with van der Waals surface area (Å²) in [6, 6.07) is 9.72. The van der Waals surface area contributed by atoms with E-state index in [9.17, 15) is 31.1 Å². The molecule has 1 amide bonds. The van der Waals surface area contributed by atoms with Crippen LogP contribution in [0.2, 0.25) is 0 Å². The number of hydrogen-bond donors (Lipinski definition) is 1. The van der Waals surface area contributed by atoms with Gasteiger partial charge in [-0.2, -0.15) is 26.3 Å². The molecule has 1 N–H and O–H groups in total. The predicted molar refractivity (Wildman–Crippen MR) is 101 cm³/mol. The number of carbonyl (C=O) groups excluding carboxylic acids is 1. The molecule has 3 aromatic rings. The lowest BCUT2D eigenvalue weighted by Crippen LogP contribution is -2.13. The van der Waals surface area contributed by atoms with E-state index in [0.717, 1.165) is 30.3 Å². The second kappa shape index (κ2) is 8.29. The molecule has 0 aliphatic carbocycles. The monoisotopic (exact) mass is 440 g/mol. The lowest BCUT2D eigenvalue weighted by Gasteiger charge is -2.15. The number of pyridine rings is 1. The first-order valence-electron chi connectivity index (χ1n) is 8.70. The molecule has 31 heavy (non-hydrogen) atoms. The van der Waals surface area contributed by atoms with Crippen molar-refractivity contribution in [2.45, 2.75) is 12.4 Å². The minimum atomic E-state index is -4.66. The summed E-state index contributed by atoms with van der Waals surface area (Å²) in [5.41, 5.74) is -2.40. The Morgan fingerprint density at radius 1 is 0.935 bits per heavy atom. The Morgan fingerprint density at radius 2 is 1.68 bits per heavy atom. The molecular weight excluding hydrogens is 426 g/mol. The van der Waals surface area contributed by atoms with Gasteiger partial charge in [-0.15, -0.1) is 0 Å². The van der Waals surface area contributed by atoms with Crippen LogP contribution in [0.4, 0.5) is 32.0 Å². The Morgan fingerprint density at radius 3 is 2.32 bits per heavy atom. The van der Waals surface area contributed by atoms with Crippen LogP contribution >= 0.6 is 0 Å². The standard InChI is InChI=1S/C21H14F6N2O2/c1-31-17-10-12(19(30)29-14-5-2-4-13(11-14)20(22,23)24)7-8-15(17)18-16(21(25,26)27)6-3-9-28-18/h2-11H,1H3,(H,29,30). The molecule has 0 aliphatic rings. The first kappa shape index (κ1) is 22.1. The minimum absolute atomic E-state index is 0.00560. The number of anilines is 1. The Balaban J connectivity index is 1.93. The van der Waals surface area contributed by atoms with Crippen LogP contribution in [-0.2, 0) is 12.4 Å². The van der Waals surface area contributed by atoms with Gasteiger partial charge in [-0.25, -0.2) is 0 Å². The molecule has 0 spiro atoms. The highest BCUT2D eigenvalue weighted by atomic mass is 19.4. The summed E-state index contributed by atoms with van der Waals surface area (Å²) in [7, 11) is 1.21. The van der Waals surface area contributed by atoms with Crippen LogP contribution in [-0.4, -0.2) is 18.0 Å². The number of methoxy groups -OCH3 is 1. The third-order valence-electron chi connectivity index (χ3n) is 4.28. The second-order valence-corrected chi connectivity index (χ2v) is 6.35. The molecule has 0 unspecified atom stereocenters. The summed E-state index contributed by atoms with van der Waals surface area (Å²) in [4.78, 5) is 16.3. The van der Waals surface area contributed by atoms with E-state index in [-0.39, 0.29) is 28.3 Å². The number of benzene rings is 2. The summed E-state index contributed by atoms with van der Waals surface area (Å²) < 4.78 is 83.6. The summed E-state index contributed by atoms with van der Waals surface area (Å²) in [5, 5.41) is 2.33. The van der Waals surface area contributed by atoms with Crippen LogP contribution in [0.3, 0.4) is 0 Å². The molecule has 0 radical (unpaired) electrons. The number of hydrogen-bond acceptors (Lipinski definition) is 3. The molecule has 162 valence electrons. The largest absolute Gasteiger partial charge is 0.496 e. The average Bonchev–Trinajstić information content (AvgIpc) is 2.72. The van der Waals surface area contributed by atoms with E-state index in [4.69, 9.17) is 4.74 Å². The summed E-state index contributed by atoms with van der Waals surface area (Å²) >= 11 is 0. The van der Waals surface area contributed by atoms with Crippen molar-refractivity contribution in [1.82, 2.24) is 4.98 Å². The SMILES string of the molecule is COc1cc(C(=O)Nc2cccc(C(F)(F)F)c2)ccc1-c1ncccc1C(F)(F)F. The maximum absolute atomic E-state index is 13.3. The molecule has 10 heteroatoms. The molecule has 0 atom stereocenters. The van der Waals surface area contributed by atoms with Crippen molar-refractivity contribution in [2.75, 3.05) is 12.4 Å². The Bertz CT molecular complexity index is 1110. The van der Waals surface area contributed by atoms with Gasteiger partial charge in [-0.05, 0) is 48.5 Å². The van der Waals surface area contributed by atoms with E-state index in [1.54, 1.807) is 0 Å². The molecule has 0 saturated heterocycles. The van der Waals surface area contributed by atoms with E-state index >= 15 is 0 Å². The third kappa shape index (κ3) is 4.96. The van der Waals surface area contributed by atoms with E-state index in [1.165, 1.54) is 37.6 Å². The number of rotatable bonds is 4. The van der Waals surface area contributed by atoms with Gasteiger partial charge in [0, 0.05) is 23.0 Å². The molecule has 0 fully saturated rings. The second-order valence-electron chi connectivity index (χ2n) is 6.35. The summed E-state index contributed by atoms with van der Waals surface area (Å²) in [6.45, 7) is 0. The molecule has 0 saturated carbocycles. The maximum Gasteiger partial charge on any atom is 0.418 e. The Kier molecular flexibility index (Phi) is 5.92. The van der Waals surface area contributed by atoms with Crippen LogP contribution in [0, 0.1) is 0 Å². The van der Waals surface area contributed by atoms with Gasteiger partial charge in [0.2, 0.25) is 0 Å². The van der Waals surface area contributed by atoms with Crippen molar-refractivity contribution >= 4 is 11.6 Å². The van der Waals surface area contributed by atoms with Gasteiger partial charge in [-0.1, -0.05) is 6.07 Å². The molecule has 2 aromatic carbocycles. The van der Waals surface area contributed by atoms with Crippen molar-refractivity contribution in [1.29, 1.82) is 0 Å². The maximum atomic E-state index is 13.3. The normalized spacial score (nSPS) is 11.8. The first-order valence-corrected chi connectivity index (χ1v) is 8.70. The third-order valence-corrected chi connectivity index (χ3v) is 4.28. The zero-order valence-corrected chi connectivity index (χ0v) is 15.8. The fourth-order valence-corrected chi connectivity index (χ4v) is 2.85.